The van der Waals surface area contributed by atoms with Gasteiger partial charge in [-0.3, -0.25) is 4.79 Å². The highest BCUT2D eigenvalue weighted by Crippen LogP contribution is 2.15. The van der Waals surface area contributed by atoms with Crippen molar-refractivity contribution in [2.75, 3.05) is 13.7 Å². The van der Waals surface area contributed by atoms with Gasteiger partial charge in [0.05, 0.1) is 7.11 Å². The highest BCUT2D eigenvalue weighted by Gasteiger charge is 2.13. The largest absolute Gasteiger partial charge is 0.497 e. The van der Waals surface area contributed by atoms with Crippen molar-refractivity contribution in [2.45, 2.75) is 19.4 Å². The van der Waals surface area contributed by atoms with Crippen molar-refractivity contribution in [1.29, 1.82) is 0 Å². The number of benzene rings is 2. The smallest absolute Gasteiger partial charge is 0.223 e. The van der Waals surface area contributed by atoms with Crippen LogP contribution in [0.1, 0.15) is 17.5 Å². The third-order valence-corrected chi connectivity index (χ3v) is 3.85. The molecule has 132 valence electrons. The van der Waals surface area contributed by atoms with Gasteiger partial charge in [-0.2, -0.15) is 0 Å². The number of aryl methyl sites for hydroxylation is 1. The fraction of sp³-hybridized carbons (Fsp3) is 0.250. The molecule has 2 aromatic carbocycles. The number of carbonyl (C=O) groups excluding carboxylic acids is 1. The molecule has 0 heterocycles. The number of halogens is 2. The minimum atomic E-state index is -0.897. The molecule has 0 radical (unpaired) electrons. The minimum Gasteiger partial charge on any atom is -0.497 e. The van der Waals surface area contributed by atoms with E-state index in [1.165, 1.54) is 6.07 Å². The lowest BCUT2D eigenvalue weighted by Gasteiger charge is -2.21. The van der Waals surface area contributed by atoms with Crippen LogP contribution >= 0.6 is 0 Å². The number of carbonyl (C=O) groups is 1. The summed E-state index contributed by atoms with van der Waals surface area (Å²) in [5.74, 6) is -1.10. The van der Waals surface area contributed by atoms with Crippen molar-refractivity contribution in [3.63, 3.8) is 0 Å². The quantitative estimate of drug-likeness (QED) is 0.674. The summed E-state index contributed by atoms with van der Waals surface area (Å²) in [6, 6.07) is 11.2. The SMILES string of the molecule is C=CCN(Cc1ccc(OC)cc1)C(=O)CCc1ccc(F)c(F)c1. The van der Waals surface area contributed by atoms with Gasteiger partial charge in [0, 0.05) is 19.5 Å². The summed E-state index contributed by atoms with van der Waals surface area (Å²) in [5, 5.41) is 0. The van der Waals surface area contributed by atoms with Crippen LogP contribution in [0.3, 0.4) is 0 Å². The zero-order valence-corrected chi connectivity index (χ0v) is 14.2. The lowest BCUT2D eigenvalue weighted by atomic mass is 10.1. The van der Waals surface area contributed by atoms with Gasteiger partial charge in [0.1, 0.15) is 5.75 Å². The first-order valence-corrected chi connectivity index (χ1v) is 7.99. The molecule has 25 heavy (non-hydrogen) atoms. The Morgan fingerprint density at radius 1 is 1.12 bits per heavy atom. The standard InChI is InChI=1S/C20H21F2NO2/c1-3-12-23(14-16-4-8-17(25-2)9-5-16)20(24)11-7-15-6-10-18(21)19(22)13-15/h3-6,8-10,13H,1,7,11-12,14H2,2H3. The van der Waals surface area contributed by atoms with Crippen molar-refractivity contribution in [3.8, 4) is 5.75 Å². The average Bonchev–Trinajstić information content (AvgIpc) is 2.62. The van der Waals surface area contributed by atoms with Crippen molar-refractivity contribution in [1.82, 2.24) is 4.90 Å². The first-order valence-electron chi connectivity index (χ1n) is 7.99. The molecule has 0 aromatic heterocycles. The topological polar surface area (TPSA) is 29.5 Å². The Labute approximate surface area is 146 Å². The van der Waals surface area contributed by atoms with E-state index in [-0.39, 0.29) is 12.3 Å². The van der Waals surface area contributed by atoms with E-state index in [2.05, 4.69) is 6.58 Å². The molecule has 5 heteroatoms. The van der Waals surface area contributed by atoms with E-state index in [9.17, 15) is 13.6 Å². The Balaban J connectivity index is 1.98. The molecule has 0 fully saturated rings. The maximum Gasteiger partial charge on any atom is 0.223 e. The Morgan fingerprint density at radius 2 is 1.80 bits per heavy atom. The third-order valence-electron chi connectivity index (χ3n) is 3.85. The molecule has 0 spiro atoms. The van der Waals surface area contributed by atoms with E-state index >= 15 is 0 Å². The van der Waals surface area contributed by atoms with E-state index in [0.29, 0.717) is 25.1 Å². The van der Waals surface area contributed by atoms with E-state index in [1.807, 2.05) is 24.3 Å². The first kappa shape index (κ1) is 18.6. The summed E-state index contributed by atoms with van der Waals surface area (Å²) in [4.78, 5) is 14.1. The summed E-state index contributed by atoms with van der Waals surface area (Å²) in [6.45, 7) is 4.56. The van der Waals surface area contributed by atoms with E-state index < -0.39 is 11.6 Å². The summed E-state index contributed by atoms with van der Waals surface area (Å²) in [5.41, 5.74) is 1.57. The van der Waals surface area contributed by atoms with Crippen LogP contribution in [0.15, 0.2) is 55.1 Å². The molecule has 0 N–H and O–H groups in total. The van der Waals surface area contributed by atoms with Crippen LogP contribution in [0, 0.1) is 11.6 Å². The Hall–Kier alpha value is -2.69. The van der Waals surface area contributed by atoms with Gasteiger partial charge in [0.25, 0.3) is 0 Å². The lowest BCUT2D eigenvalue weighted by Crippen LogP contribution is -2.30. The van der Waals surface area contributed by atoms with E-state index in [0.717, 1.165) is 23.4 Å². The lowest BCUT2D eigenvalue weighted by molar-refractivity contribution is -0.131. The van der Waals surface area contributed by atoms with Gasteiger partial charge in [0.15, 0.2) is 11.6 Å². The zero-order valence-electron chi connectivity index (χ0n) is 14.2. The molecule has 1 amide bonds. The van der Waals surface area contributed by atoms with Crippen LogP contribution in [0.5, 0.6) is 5.75 Å². The van der Waals surface area contributed by atoms with Gasteiger partial charge in [-0.05, 0) is 41.8 Å². The van der Waals surface area contributed by atoms with Crippen LogP contribution < -0.4 is 4.74 Å². The molecule has 0 saturated heterocycles. The van der Waals surface area contributed by atoms with Crippen LogP contribution in [0.2, 0.25) is 0 Å². The highest BCUT2D eigenvalue weighted by atomic mass is 19.2. The van der Waals surface area contributed by atoms with Gasteiger partial charge in [-0.1, -0.05) is 24.3 Å². The maximum absolute atomic E-state index is 13.2. The maximum atomic E-state index is 13.2. The predicted octanol–water partition coefficient (Wildman–Crippen LogP) is 4.12. The molecule has 0 aliphatic carbocycles. The Morgan fingerprint density at radius 3 is 2.40 bits per heavy atom. The average molecular weight is 345 g/mol. The third kappa shape index (κ3) is 5.41. The number of nitrogens with zero attached hydrogens (tertiary/aromatic N) is 1. The van der Waals surface area contributed by atoms with Gasteiger partial charge in [-0.15, -0.1) is 6.58 Å². The van der Waals surface area contributed by atoms with E-state index in [1.54, 1.807) is 18.1 Å². The molecule has 3 nitrogen and oxygen atoms in total. The Bertz CT molecular complexity index is 729. The van der Waals surface area contributed by atoms with Crippen molar-refractivity contribution in [3.05, 3.63) is 77.9 Å². The second-order valence-corrected chi connectivity index (χ2v) is 5.66. The molecule has 0 saturated carbocycles. The number of rotatable bonds is 8. The molecular formula is C20H21F2NO2. The molecule has 2 aromatic rings. The number of methoxy groups -OCH3 is 1. The first-order chi connectivity index (χ1) is 12.0. The number of amides is 1. The minimum absolute atomic E-state index is 0.0690. The van der Waals surface area contributed by atoms with Gasteiger partial charge >= 0.3 is 0 Å². The fourth-order valence-electron chi connectivity index (χ4n) is 2.47. The Kier molecular flexibility index (Phi) is 6.69. The van der Waals surface area contributed by atoms with Crippen LogP contribution in [-0.2, 0) is 17.8 Å². The van der Waals surface area contributed by atoms with Crippen LogP contribution in [-0.4, -0.2) is 24.5 Å². The summed E-state index contributed by atoms with van der Waals surface area (Å²) < 4.78 is 31.3. The predicted molar refractivity (Wildman–Crippen MR) is 93.3 cm³/mol. The molecule has 0 atom stereocenters. The molecule has 0 bridgehead atoms. The monoisotopic (exact) mass is 345 g/mol. The molecular weight excluding hydrogens is 324 g/mol. The van der Waals surface area contributed by atoms with Gasteiger partial charge in [-0.25, -0.2) is 8.78 Å². The van der Waals surface area contributed by atoms with E-state index in [4.69, 9.17) is 4.74 Å². The highest BCUT2D eigenvalue weighted by molar-refractivity contribution is 5.76. The van der Waals surface area contributed by atoms with Gasteiger partial charge < -0.3 is 9.64 Å². The zero-order chi connectivity index (χ0) is 18.2. The second-order valence-electron chi connectivity index (χ2n) is 5.66. The van der Waals surface area contributed by atoms with Gasteiger partial charge in [0.2, 0.25) is 5.91 Å². The van der Waals surface area contributed by atoms with Crippen LogP contribution in [0.25, 0.3) is 0 Å². The molecule has 2 rings (SSSR count). The number of hydrogen-bond donors (Lipinski definition) is 0. The number of ether oxygens (including phenoxy) is 1. The molecule has 0 aliphatic heterocycles. The van der Waals surface area contributed by atoms with Crippen LogP contribution in [0.4, 0.5) is 8.78 Å². The van der Waals surface area contributed by atoms with Crippen molar-refractivity contribution in [2.24, 2.45) is 0 Å². The summed E-state index contributed by atoms with van der Waals surface area (Å²) in [7, 11) is 1.60. The normalized spacial score (nSPS) is 10.4. The fourth-order valence-corrected chi connectivity index (χ4v) is 2.47. The summed E-state index contributed by atoms with van der Waals surface area (Å²) >= 11 is 0. The second kappa shape index (κ2) is 8.97. The van der Waals surface area contributed by atoms with Crippen molar-refractivity contribution < 1.29 is 18.3 Å². The summed E-state index contributed by atoms with van der Waals surface area (Å²) in [6.07, 6.45) is 2.24. The van der Waals surface area contributed by atoms with Crippen molar-refractivity contribution >= 4 is 5.91 Å². The molecule has 0 aliphatic rings. The number of hydrogen-bond acceptors (Lipinski definition) is 2. The molecule has 0 unspecified atom stereocenters.